The van der Waals surface area contributed by atoms with Crippen molar-refractivity contribution in [1.82, 2.24) is 5.32 Å². The highest BCUT2D eigenvalue weighted by molar-refractivity contribution is 9.10. The quantitative estimate of drug-likeness (QED) is 0.581. The van der Waals surface area contributed by atoms with Crippen LogP contribution in [0, 0.1) is 0 Å². The largest absolute Gasteiger partial charge is 0.492 e. The number of rotatable bonds is 8. The highest BCUT2D eigenvalue weighted by Gasteiger charge is 2.00. The molecule has 96 valence electrons. The van der Waals surface area contributed by atoms with Gasteiger partial charge in [-0.05, 0) is 38.0 Å². The van der Waals surface area contributed by atoms with Gasteiger partial charge in [0.1, 0.15) is 12.4 Å². The fourth-order valence-electron chi connectivity index (χ4n) is 1.52. The van der Waals surface area contributed by atoms with E-state index >= 15 is 0 Å². The molecule has 1 unspecified atom stereocenters. The molecule has 0 bridgehead atoms. The molecule has 0 heterocycles. The third-order valence-electron chi connectivity index (χ3n) is 2.43. The minimum absolute atomic E-state index is 0.500. The monoisotopic (exact) mass is 319 g/mol. The van der Waals surface area contributed by atoms with E-state index in [0.29, 0.717) is 12.6 Å². The van der Waals surface area contributed by atoms with Crippen molar-refractivity contribution in [2.24, 2.45) is 0 Å². The molecule has 0 spiro atoms. The summed E-state index contributed by atoms with van der Waals surface area (Å²) in [4.78, 5) is 0. The van der Waals surface area contributed by atoms with Crippen LogP contribution in [0.5, 0.6) is 5.75 Å². The molecule has 1 atom stereocenters. The Kier molecular flexibility index (Phi) is 7.65. The molecule has 0 radical (unpaired) electrons. The van der Waals surface area contributed by atoms with E-state index in [0.717, 1.165) is 35.5 Å². The van der Waals surface area contributed by atoms with Crippen LogP contribution in [0.4, 0.5) is 0 Å². The van der Waals surface area contributed by atoms with Crippen molar-refractivity contribution in [2.75, 3.05) is 19.0 Å². The van der Waals surface area contributed by atoms with Gasteiger partial charge < -0.3 is 10.1 Å². The van der Waals surface area contributed by atoms with E-state index in [1.165, 1.54) is 0 Å². The summed E-state index contributed by atoms with van der Waals surface area (Å²) in [7, 11) is 0. The van der Waals surface area contributed by atoms with E-state index in [9.17, 15) is 0 Å². The molecule has 0 aromatic heterocycles. The molecule has 17 heavy (non-hydrogen) atoms. The third kappa shape index (κ3) is 6.92. The zero-order chi connectivity index (χ0) is 12.5. The van der Waals surface area contributed by atoms with Crippen LogP contribution in [0.3, 0.4) is 0 Å². The first-order valence-corrected chi connectivity index (χ1v) is 7.23. The van der Waals surface area contributed by atoms with Gasteiger partial charge in [-0.3, -0.25) is 0 Å². The molecule has 1 aromatic rings. The second kappa shape index (κ2) is 8.78. The summed E-state index contributed by atoms with van der Waals surface area (Å²) in [6.07, 6.45) is 2.17. The fraction of sp³-hybridized carbons (Fsp3) is 0.538. The van der Waals surface area contributed by atoms with E-state index in [2.05, 4.69) is 28.2 Å². The predicted octanol–water partition coefficient (Wildman–Crippen LogP) is 3.83. The van der Waals surface area contributed by atoms with E-state index in [1.807, 2.05) is 24.3 Å². The number of alkyl halides is 1. The van der Waals surface area contributed by atoms with Crippen molar-refractivity contribution in [2.45, 2.75) is 25.8 Å². The third-order valence-corrected chi connectivity index (χ3v) is 3.19. The summed E-state index contributed by atoms with van der Waals surface area (Å²) in [5.74, 6) is 1.63. The van der Waals surface area contributed by atoms with Gasteiger partial charge in [-0.2, -0.15) is 0 Å². The smallest absolute Gasteiger partial charge is 0.120 e. The Morgan fingerprint density at radius 2 is 2.29 bits per heavy atom. The van der Waals surface area contributed by atoms with Crippen molar-refractivity contribution in [1.29, 1.82) is 0 Å². The Morgan fingerprint density at radius 3 is 3.00 bits per heavy atom. The number of hydrogen-bond donors (Lipinski definition) is 1. The number of halogens is 2. The molecule has 0 aliphatic heterocycles. The zero-order valence-corrected chi connectivity index (χ0v) is 12.4. The van der Waals surface area contributed by atoms with Crippen LogP contribution in [0.25, 0.3) is 0 Å². The van der Waals surface area contributed by atoms with Gasteiger partial charge in [-0.1, -0.05) is 22.0 Å². The number of nitrogens with one attached hydrogen (secondary N) is 1. The molecule has 0 aliphatic carbocycles. The van der Waals surface area contributed by atoms with Gasteiger partial charge >= 0.3 is 0 Å². The zero-order valence-electron chi connectivity index (χ0n) is 10.1. The van der Waals surface area contributed by atoms with E-state index < -0.39 is 0 Å². The van der Waals surface area contributed by atoms with Crippen LogP contribution < -0.4 is 10.1 Å². The van der Waals surface area contributed by atoms with Crippen molar-refractivity contribution in [3.8, 4) is 5.75 Å². The van der Waals surface area contributed by atoms with Gasteiger partial charge in [0.2, 0.25) is 0 Å². The van der Waals surface area contributed by atoms with Gasteiger partial charge in [0, 0.05) is 22.9 Å². The highest BCUT2D eigenvalue weighted by Crippen LogP contribution is 2.17. The van der Waals surface area contributed by atoms with Crippen LogP contribution in [0.1, 0.15) is 19.8 Å². The highest BCUT2D eigenvalue weighted by atomic mass is 79.9. The Labute approximate surface area is 117 Å². The molecule has 0 saturated carbocycles. The lowest BCUT2D eigenvalue weighted by Crippen LogP contribution is -2.30. The maximum atomic E-state index is 5.64. The van der Waals surface area contributed by atoms with Crippen LogP contribution in [-0.2, 0) is 0 Å². The topological polar surface area (TPSA) is 21.3 Å². The van der Waals surface area contributed by atoms with Crippen molar-refractivity contribution < 1.29 is 4.74 Å². The van der Waals surface area contributed by atoms with E-state index in [1.54, 1.807) is 0 Å². The van der Waals surface area contributed by atoms with Crippen LogP contribution in [-0.4, -0.2) is 25.1 Å². The van der Waals surface area contributed by atoms with Gasteiger partial charge in [0.15, 0.2) is 0 Å². The van der Waals surface area contributed by atoms with E-state index in [-0.39, 0.29) is 0 Å². The molecule has 0 saturated heterocycles. The molecule has 0 amide bonds. The first kappa shape index (κ1) is 14.8. The summed E-state index contributed by atoms with van der Waals surface area (Å²) in [6, 6.07) is 8.38. The standard InChI is InChI=1S/C13H19BrClNO/c1-11(4-3-7-15)16-8-9-17-13-6-2-5-12(14)10-13/h2,5-6,10-11,16H,3-4,7-9H2,1H3. The summed E-state index contributed by atoms with van der Waals surface area (Å²) in [6.45, 7) is 3.71. The predicted molar refractivity (Wildman–Crippen MR) is 77.1 cm³/mol. The van der Waals surface area contributed by atoms with Gasteiger partial charge in [0.05, 0.1) is 0 Å². The Bertz CT molecular complexity index is 322. The molecule has 1 N–H and O–H groups in total. The lowest BCUT2D eigenvalue weighted by atomic mass is 10.2. The molecule has 0 fully saturated rings. The first-order chi connectivity index (χ1) is 8.22. The molecule has 4 heteroatoms. The summed E-state index contributed by atoms with van der Waals surface area (Å²) in [5, 5.41) is 3.41. The second-order valence-corrected chi connectivity index (χ2v) is 5.29. The van der Waals surface area contributed by atoms with Crippen molar-refractivity contribution in [3.63, 3.8) is 0 Å². The average molecular weight is 321 g/mol. The lowest BCUT2D eigenvalue weighted by molar-refractivity contribution is 0.305. The van der Waals surface area contributed by atoms with E-state index in [4.69, 9.17) is 16.3 Å². The number of hydrogen-bond acceptors (Lipinski definition) is 2. The van der Waals surface area contributed by atoms with Gasteiger partial charge in [0.25, 0.3) is 0 Å². The Morgan fingerprint density at radius 1 is 1.47 bits per heavy atom. The fourth-order valence-corrected chi connectivity index (χ4v) is 2.05. The molecular formula is C13H19BrClNO. The van der Waals surface area contributed by atoms with Crippen molar-refractivity contribution in [3.05, 3.63) is 28.7 Å². The summed E-state index contributed by atoms with van der Waals surface area (Å²) in [5.41, 5.74) is 0. The minimum atomic E-state index is 0.500. The van der Waals surface area contributed by atoms with Crippen LogP contribution in [0.2, 0.25) is 0 Å². The van der Waals surface area contributed by atoms with Gasteiger partial charge in [-0.25, -0.2) is 0 Å². The summed E-state index contributed by atoms with van der Waals surface area (Å²) >= 11 is 9.06. The second-order valence-electron chi connectivity index (χ2n) is 3.99. The Hall–Kier alpha value is -0.250. The average Bonchev–Trinajstić information content (AvgIpc) is 2.32. The van der Waals surface area contributed by atoms with Crippen LogP contribution >= 0.6 is 27.5 Å². The molecule has 1 rings (SSSR count). The number of ether oxygens (including phenoxy) is 1. The van der Waals surface area contributed by atoms with Crippen LogP contribution in [0.15, 0.2) is 28.7 Å². The van der Waals surface area contributed by atoms with Gasteiger partial charge in [-0.15, -0.1) is 11.6 Å². The molecule has 1 aromatic carbocycles. The maximum absolute atomic E-state index is 5.64. The maximum Gasteiger partial charge on any atom is 0.120 e. The number of benzene rings is 1. The summed E-state index contributed by atoms with van der Waals surface area (Å²) < 4.78 is 6.66. The molecule has 2 nitrogen and oxygen atoms in total. The van der Waals surface area contributed by atoms with Crippen molar-refractivity contribution >= 4 is 27.5 Å². The molecular weight excluding hydrogens is 302 g/mol. The normalized spacial score (nSPS) is 12.4. The Balaban J connectivity index is 2.11. The molecule has 0 aliphatic rings. The lowest BCUT2D eigenvalue weighted by Gasteiger charge is -2.13. The minimum Gasteiger partial charge on any atom is -0.492 e. The first-order valence-electron chi connectivity index (χ1n) is 5.90. The SMILES string of the molecule is CC(CCCCl)NCCOc1cccc(Br)c1.